The summed E-state index contributed by atoms with van der Waals surface area (Å²) in [5, 5.41) is 2.30. The Labute approximate surface area is 111 Å². The van der Waals surface area contributed by atoms with Crippen molar-refractivity contribution >= 4 is 39.3 Å². The lowest BCUT2D eigenvalue weighted by molar-refractivity contribution is -0.120. The first kappa shape index (κ1) is 11.2. The fraction of sp³-hybridized carbons (Fsp3) is 0.182. The minimum absolute atomic E-state index is 0.241. The molecule has 2 aromatic heterocycles. The van der Waals surface area contributed by atoms with E-state index in [-0.39, 0.29) is 5.91 Å². The van der Waals surface area contributed by atoms with Crippen molar-refractivity contribution < 1.29 is 9.59 Å². The molecule has 3 rings (SSSR count). The van der Waals surface area contributed by atoms with Gasteiger partial charge in [-0.1, -0.05) is 6.07 Å². The summed E-state index contributed by atoms with van der Waals surface area (Å²) >= 11 is 3.30. The van der Waals surface area contributed by atoms with Gasteiger partial charge in [-0.05, 0) is 28.1 Å². The molecule has 0 bridgehead atoms. The number of carbonyl (C=O) groups is 2. The zero-order valence-electron chi connectivity index (χ0n) is 9.26. The zero-order valence-corrected chi connectivity index (χ0v) is 10.8. The van der Waals surface area contributed by atoms with Crippen LogP contribution in [0.4, 0.5) is 10.6 Å². The Balaban J connectivity index is 2.08. The topological polar surface area (TPSA) is 66.7 Å². The van der Waals surface area contributed by atoms with Crippen molar-refractivity contribution in [3.63, 3.8) is 0 Å². The highest BCUT2D eigenvalue weighted by atomic mass is 79.9. The van der Waals surface area contributed by atoms with Crippen LogP contribution in [-0.2, 0) is 4.79 Å². The third-order valence-corrected chi connectivity index (χ3v) is 3.15. The molecule has 0 saturated carbocycles. The van der Waals surface area contributed by atoms with Gasteiger partial charge in [0.05, 0.1) is 0 Å². The summed E-state index contributed by atoms with van der Waals surface area (Å²) in [4.78, 5) is 28.7. The second-order valence-electron chi connectivity index (χ2n) is 3.93. The summed E-state index contributed by atoms with van der Waals surface area (Å²) in [6, 6.07) is 5.09. The van der Waals surface area contributed by atoms with Crippen LogP contribution in [0.5, 0.6) is 0 Å². The number of anilines is 1. The number of imide groups is 1. The van der Waals surface area contributed by atoms with Gasteiger partial charge in [0.1, 0.15) is 16.1 Å². The molecule has 0 aliphatic carbocycles. The summed E-state index contributed by atoms with van der Waals surface area (Å²) in [6.45, 7) is 0.375. The van der Waals surface area contributed by atoms with E-state index in [1.165, 1.54) is 4.90 Å². The number of urea groups is 1. The van der Waals surface area contributed by atoms with Crippen molar-refractivity contribution in [2.75, 3.05) is 11.4 Å². The Morgan fingerprint density at radius 1 is 1.33 bits per heavy atom. The van der Waals surface area contributed by atoms with Gasteiger partial charge >= 0.3 is 6.03 Å². The standard InChI is InChI=1S/C11H9BrN4O2/c12-7-6-16-8(13-7)2-1-3-10(16)15-5-4-9(17)14-11(15)18/h1-3,6H,4-5H2,(H,14,17,18). The number of amides is 3. The molecule has 2 aromatic rings. The van der Waals surface area contributed by atoms with Crippen LogP contribution in [-0.4, -0.2) is 27.9 Å². The van der Waals surface area contributed by atoms with Crippen LogP contribution in [0, 0.1) is 0 Å². The van der Waals surface area contributed by atoms with Gasteiger partial charge in [0.25, 0.3) is 0 Å². The average Bonchev–Trinajstić information content (AvgIpc) is 2.69. The van der Waals surface area contributed by atoms with E-state index in [0.29, 0.717) is 23.4 Å². The molecule has 0 spiro atoms. The van der Waals surface area contributed by atoms with Crippen molar-refractivity contribution in [2.24, 2.45) is 0 Å². The Kier molecular flexibility index (Phi) is 2.55. The molecule has 0 radical (unpaired) electrons. The number of pyridine rings is 1. The molecule has 0 aromatic carbocycles. The highest BCUT2D eigenvalue weighted by molar-refractivity contribution is 9.10. The minimum Gasteiger partial charge on any atom is -0.284 e. The van der Waals surface area contributed by atoms with E-state index >= 15 is 0 Å². The van der Waals surface area contributed by atoms with Gasteiger partial charge in [-0.25, -0.2) is 9.78 Å². The van der Waals surface area contributed by atoms with Crippen molar-refractivity contribution in [1.82, 2.24) is 14.7 Å². The van der Waals surface area contributed by atoms with Crippen LogP contribution >= 0.6 is 15.9 Å². The minimum atomic E-state index is -0.399. The molecule has 3 heterocycles. The first-order valence-corrected chi connectivity index (χ1v) is 6.19. The lowest BCUT2D eigenvalue weighted by Gasteiger charge is -2.26. The molecule has 6 nitrogen and oxygen atoms in total. The van der Waals surface area contributed by atoms with Crippen LogP contribution < -0.4 is 10.2 Å². The van der Waals surface area contributed by atoms with Gasteiger partial charge in [-0.15, -0.1) is 0 Å². The number of rotatable bonds is 1. The summed E-state index contributed by atoms with van der Waals surface area (Å²) in [7, 11) is 0. The number of nitrogens with one attached hydrogen (secondary N) is 1. The van der Waals surface area contributed by atoms with E-state index in [1.54, 1.807) is 10.6 Å². The van der Waals surface area contributed by atoms with Gasteiger partial charge in [-0.3, -0.25) is 19.4 Å². The molecule has 1 saturated heterocycles. The van der Waals surface area contributed by atoms with Crippen molar-refractivity contribution in [2.45, 2.75) is 6.42 Å². The summed E-state index contributed by atoms with van der Waals surface area (Å²) in [5.74, 6) is 0.450. The zero-order chi connectivity index (χ0) is 12.7. The molecule has 7 heteroatoms. The lowest BCUT2D eigenvalue weighted by Crippen LogP contribution is -2.50. The number of fused-ring (bicyclic) bond motifs is 1. The Morgan fingerprint density at radius 3 is 2.94 bits per heavy atom. The molecule has 1 N–H and O–H groups in total. The number of carbonyl (C=O) groups excluding carboxylic acids is 2. The van der Waals surface area contributed by atoms with Gasteiger partial charge in [0.2, 0.25) is 5.91 Å². The quantitative estimate of drug-likeness (QED) is 0.869. The smallest absolute Gasteiger partial charge is 0.284 e. The second-order valence-corrected chi connectivity index (χ2v) is 4.74. The first-order valence-electron chi connectivity index (χ1n) is 5.40. The third kappa shape index (κ3) is 1.76. The fourth-order valence-electron chi connectivity index (χ4n) is 1.97. The van der Waals surface area contributed by atoms with Crippen LogP contribution in [0.1, 0.15) is 6.42 Å². The summed E-state index contributed by atoms with van der Waals surface area (Å²) in [5.41, 5.74) is 0.740. The highest BCUT2D eigenvalue weighted by Crippen LogP contribution is 2.21. The summed E-state index contributed by atoms with van der Waals surface area (Å²) in [6.07, 6.45) is 2.09. The Morgan fingerprint density at radius 2 is 2.17 bits per heavy atom. The normalized spacial score (nSPS) is 16.2. The highest BCUT2D eigenvalue weighted by Gasteiger charge is 2.25. The first-order chi connectivity index (χ1) is 8.65. The van der Waals surface area contributed by atoms with E-state index in [0.717, 1.165) is 5.65 Å². The second kappa shape index (κ2) is 4.09. The summed E-state index contributed by atoms with van der Waals surface area (Å²) < 4.78 is 2.50. The van der Waals surface area contributed by atoms with Gasteiger partial charge in [0, 0.05) is 19.2 Å². The maximum absolute atomic E-state index is 11.8. The molecular formula is C11H9BrN4O2. The number of imidazole rings is 1. The molecule has 1 aliphatic heterocycles. The Hall–Kier alpha value is -1.89. The van der Waals surface area contributed by atoms with Crippen LogP contribution in [0.25, 0.3) is 5.65 Å². The van der Waals surface area contributed by atoms with Crippen LogP contribution in [0.15, 0.2) is 29.0 Å². The molecule has 18 heavy (non-hydrogen) atoms. The van der Waals surface area contributed by atoms with E-state index < -0.39 is 6.03 Å². The molecule has 92 valence electrons. The monoisotopic (exact) mass is 308 g/mol. The van der Waals surface area contributed by atoms with Crippen molar-refractivity contribution in [3.05, 3.63) is 29.0 Å². The molecule has 1 fully saturated rings. The Bertz CT molecular complexity index is 652. The largest absolute Gasteiger partial charge is 0.329 e. The predicted octanol–water partition coefficient (Wildman–Crippen LogP) is 1.54. The lowest BCUT2D eigenvalue weighted by atomic mass is 10.3. The van der Waals surface area contributed by atoms with Gasteiger partial charge in [0.15, 0.2) is 0 Å². The molecule has 0 unspecified atom stereocenters. The molecule has 1 aliphatic rings. The molecule has 3 amide bonds. The fourth-order valence-corrected chi connectivity index (χ4v) is 2.36. The number of hydrogen-bond acceptors (Lipinski definition) is 3. The average molecular weight is 309 g/mol. The number of hydrogen-bond donors (Lipinski definition) is 1. The van der Waals surface area contributed by atoms with E-state index in [1.807, 2.05) is 18.2 Å². The van der Waals surface area contributed by atoms with Crippen molar-refractivity contribution in [1.29, 1.82) is 0 Å². The number of nitrogens with zero attached hydrogens (tertiary/aromatic N) is 3. The van der Waals surface area contributed by atoms with E-state index in [2.05, 4.69) is 26.2 Å². The van der Waals surface area contributed by atoms with E-state index in [9.17, 15) is 9.59 Å². The third-order valence-electron chi connectivity index (χ3n) is 2.77. The van der Waals surface area contributed by atoms with Crippen molar-refractivity contribution in [3.8, 4) is 0 Å². The van der Waals surface area contributed by atoms with Crippen LogP contribution in [0.3, 0.4) is 0 Å². The number of halogens is 1. The maximum atomic E-state index is 11.8. The number of aromatic nitrogens is 2. The molecule has 0 atom stereocenters. The SMILES string of the molecule is O=C1CCN(c2cccc3nc(Br)cn23)C(=O)N1. The molecular weight excluding hydrogens is 300 g/mol. The van der Waals surface area contributed by atoms with Gasteiger partial charge in [-0.2, -0.15) is 0 Å². The predicted molar refractivity (Wildman–Crippen MR) is 68.4 cm³/mol. The maximum Gasteiger partial charge on any atom is 0.329 e. The van der Waals surface area contributed by atoms with Crippen LogP contribution in [0.2, 0.25) is 0 Å². The van der Waals surface area contributed by atoms with Gasteiger partial charge < -0.3 is 0 Å². The van der Waals surface area contributed by atoms with E-state index in [4.69, 9.17) is 0 Å².